The smallest absolute Gasteiger partial charge is 0.310 e. The topological polar surface area (TPSA) is 60.8 Å². The molecule has 2 N–H and O–H groups in total. The van der Waals surface area contributed by atoms with E-state index in [1.807, 2.05) is 0 Å². The number of carboxylic acid groups (broad SMARTS) is 1. The van der Waals surface area contributed by atoms with Crippen LogP contribution in [0.25, 0.3) is 0 Å². The molecule has 4 heteroatoms. The third kappa shape index (κ3) is 5.11. The monoisotopic (exact) mass is 271 g/mol. The summed E-state index contributed by atoms with van der Waals surface area (Å²) in [6.45, 7) is 5.11. The molecule has 19 heavy (non-hydrogen) atoms. The van der Waals surface area contributed by atoms with Gasteiger partial charge in [0, 0.05) is 13.2 Å². The highest BCUT2D eigenvalue weighted by Gasteiger charge is 2.41. The van der Waals surface area contributed by atoms with E-state index in [4.69, 9.17) is 5.11 Å². The third-order valence-corrected chi connectivity index (χ3v) is 4.22. The number of aliphatic hydroxyl groups is 1. The van der Waals surface area contributed by atoms with Gasteiger partial charge in [0.15, 0.2) is 0 Å². The molecule has 1 aliphatic rings. The van der Waals surface area contributed by atoms with E-state index in [9.17, 15) is 9.90 Å². The van der Waals surface area contributed by atoms with Gasteiger partial charge in [-0.25, -0.2) is 0 Å². The Kier molecular flexibility index (Phi) is 7.39. The van der Waals surface area contributed by atoms with Gasteiger partial charge >= 0.3 is 5.97 Å². The summed E-state index contributed by atoms with van der Waals surface area (Å²) in [6, 6.07) is 0. The number of hydrogen-bond acceptors (Lipinski definition) is 3. The summed E-state index contributed by atoms with van der Waals surface area (Å²) in [5, 5.41) is 18.3. The van der Waals surface area contributed by atoms with Crippen molar-refractivity contribution < 1.29 is 15.0 Å². The Hall–Kier alpha value is -0.610. The van der Waals surface area contributed by atoms with Crippen LogP contribution in [0.5, 0.6) is 0 Å². The van der Waals surface area contributed by atoms with E-state index in [0.29, 0.717) is 0 Å². The molecule has 4 nitrogen and oxygen atoms in total. The molecule has 0 aromatic heterocycles. The first kappa shape index (κ1) is 16.4. The minimum atomic E-state index is -0.612. The summed E-state index contributed by atoms with van der Waals surface area (Å²) in [7, 11) is 0. The second kappa shape index (κ2) is 8.54. The molecule has 112 valence electrons. The van der Waals surface area contributed by atoms with E-state index in [0.717, 1.165) is 71.0 Å². The molecule has 0 spiro atoms. The first-order chi connectivity index (χ1) is 9.14. The van der Waals surface area contributed by atoms with Crippen LogP contribution in [0.3, 0.4) is 0 Å². The Balaban J connectivity index is 2.37. The molecule has 0 aromatic rings. The van der Waals surface area contributed by atoms with Crippen LogP contribution in [0.2, 0.25) is 0 Å². The van der Waals surface area contributed by atoms with Crippen LogP contribution in [0.1, 0.15) is 58.3 Å². The molecule has 1 aliphatic heterocycles. The average molecular weight is 271 g/mol. The predicted molar refractivity (Wildman–Crippen MR) is 76.2 cm³/mol. The van der Waals surface area contributed by atoms with Crippen LogP contribution in [0.15, 0.2) is 0 Å². The van der Waals surface area contributed by atoms with Crippen molar-refractivity contribution in [2.75, 3.05) is 26.2 Å². The van der Waals surface area contributed by atoms with Crippen molar-refractivity contribution in [1.82, 2.24) is 4.90 Å². The van der Waals surface area contributed by atoms with Crippen LogP contribution in [0, 0.1) is 5.41 Å². The number of carbonyl (C=O) groups is 1. The Morgan fingerprint density at radius 2 is 2.00 bits per heavy atom. The number of aliphatic carboxylic acids is 1. The molecular formula is C15H29NO3. The summed E-state index contributed by atoms with van der Waals surface area (Å²) in [5.41, 5.74) is -0.502. The van der Waals surface area contributed by atoms with Gasteiger partial charge in [0.1, 0.15) is 0 Å². The van der Waals surface area contributed by atoms with E-state index >= 15 is 0 Å². The zero-order chi connectivity index (χ0) is 14.1. The molecular weight excluding hydrogens is 242 g/mol. The number of rotatable bonds is 9. The predicted octanol–water partition coefficient (Wildman–Crippen LogP) is 2.51. The molecule has 1 atom stereocenters. The molecule has 0 aliphatic carbocycles. The molecule has 1 fully saturated rings. The lowest BCUT2D eigenvalue weighted by molar-refractivity contribution is -0.153. The van der Waals surface area contributed by atoms with Crippen LogP contribution < -0.4 is 0 Å². The number of unbranched alkanes of at least 4 members (excludes halogenated alkanes) is 3. The quantitative estimate of drug-likeness (QED) is 0.633. The lowest BCUT2D eigenvalue weighted by Crippen LogP contribution is -2.48. The van der Waals surface area contributed by atoms with E-state index < -0.39 is 11.4 Å². The van der Waals surface area contributed by atoms with Crippen LogP contribution in [0.4, 0.5) is 0 Å². The summed E-state index contributed by atoms with van der Waals surface area (Å²) in [5.74, 6) is -0.612. The number of aliphatic hydroxyl groups excluding tert-OH is 1. The molecule has 0 radical (unpaired) electrons. The maximum absolute atomic E-state index is 11.6. The number of likely N-dealkylation sites (tertiary alicyclic amines) is 1. The fourth-order valence-corrected chi connectivity index (χ4v) is 3.18. The lowest BCUT2D eigenvalue weighted by atomic mass is 9.76. The van der Waals surface area contributed by atoms with Crippen molar-refractivity contribution in [2.45, 2.75) is 58.3 Å². The standard InChI is InChI=1S/C15H29NO3/c1-2-8-15(14(18)19)9-7-11-16(13-15)10-5-3-4-6-12-17/h17H,2-13H2,1H3,(H,18,19). The van der Waals surface area contributed by atoms with Gasteiger partial charge in [-0.3, -0.25) is 4.79 Å². The fraction of sp³-hybridized carbons (Fsp3) is 0.933. The maximum atomic E-state index is 11.6. The van der Waals surface area contributed by atoms with Crippen molar-refractivity contribution in [1.29, 1.82) is 0 Å². The highest BCUT2D eigenvalue weighted by molar-refractivity contribution is 5.75. The summed E-state index contributed by atoms with van der Waals surface area (Å²) in [6.07, 6.45) is 7.77. The van der Waals surface area contributed by atoms with Gasteiger partial charge in [-0.1, -0.05) is 26.2 Å². The number of carboxylic acids is 1. The van der Waals surface area contributed by atoms with Gasteiger partial charge in [-0.2, -0.15) is 0 Å². The van der Waals surface area contributed by atoms with E-state index in [-0.39, 0.29) is 6.61 Å². The van der Waals surface area contributed by atoms with Crippen molar-refractivity contribution in [3.63, 3.8) is 0 Å². The van der Waals surface area contributed by atoms with Crippen molar-refractivity contribution in [2.24, 2.45) is 5.41 Å². The van der Waals surface area contributed by atoms with Gasteiger partial charge in [0.2, 0.25) is 0 Å². The Morgan fingerprint density at radius 3 is 2.63 bits per heavy atom. The minimum Gasteiger partial charge on any atom is -0.481 e. The second-order valence-electron chi connectivity index (χ2n) is 5.85. The highest BCUT2D eigenvalue weighted by atomic mass is 16.4. The van der Waals surface area contributed by atoms with E-state index in [2.05, 4.69) is 11.8 Å². The van der Waals surface area contributed by atoms with Gasteiger partial charge in [0.25, 0.3) is 0 Å². The van der Waals surface area contributed by atoms with Crippen LogP contribution in [-0.2, 0) is 4.79 Å². The van der Waals surface area contributed by atoms with Gasteiger partial charge in [0.05, 0.1) is 5.41 Å². The fourth-order valence-electron chi connectivity index (χ4n) is 3.18. The highest BCUT2D eigenvalue weighted by Crippen LogP contribution is 2.35. The summed E-state index contributed by atoms with van der Waals surface area (Å²) in [4.78, 5) is 13.9. The first-order valence-electron chi connectivity index (χ1n) is 7.71. The zero-order valence-corrected chi connectivity index (χ0v) is 12.2. The Labute approximate surface area is 116 Å². The van der Waals surface area contributed by atoms with E-state index in [1.165, 1.54) is 0 Å². The van der Waals surface area contributed by atoms with Crippen molar-refractivity contribution in [3.05, 3.63) is 0 Å². The second-order valence-corrected chi connectivity index (χ2v) is 5.85. The third-order valence-electron chi connectivity index (χ3n) is 4.22. The minimum absolute atomic E-state index is 0.280. The molecule has 1 rings (SSSR count). The lowest BCUT2D eigenvalue weighted by Gasteiger charge is -2.40. The summed E-state index contributed by atoms with van der Waals surface area (Å²) >= 11 is 0. The van der Waals surface area contributed by atoms with Crippen molar-refractivity contribution in [3.8, 4) is 0 Å². The first-order valence-corrected chi connectivity index (χ1v) is 7.71. The molecule has 0 bridgehead atoms. The number of nitrogens with zero attached hydrogens (tertiary/aromatic N) is 1. The Bertz CT molecular complexity index is 266. The van der Waals surface area contributed by atoms with Gasteiger partial charge in [-0.05, 0) is 45.2 Å². The Morgan fingerprint density at radius 1 is 1.26 bits per heavy atom. The summed E-state index contributed by atoms with van der Waals surface area (Å²) < 4.78 is 0. The SMILES string of the molecule is CCCC1(C(=O)O)CCCN(CCCCCCO)C1. The molecule has 0 amide bonds. The zero-order valence-electron chi connectivity index (χ0n) is 12.2. The van der Waals surface area contributed by atoms with Crippen LogP contribution >= 0.6 is 0 Å². The maximum Gasteiger partial charge on any atom is 0.310 e. The molecule has 0 saturated carbocycles. The molecule has 1 heterocycles. The van der Waals surface area contributed by atoms with E-state index in [1.54, 1.807) is 0 Å². The van der Waals surface area contributed by atoms with Crippen molar-refractivity contribution >= 4 is 5.97 Å². The molecule has 1 saturated heterocycles. The normalized spacial score (nSPS) is 24.5. The van der Waals surface area contributed by atoms with Crippen LogP contribution in [-0.4, -0.2) is 47.3 Å². The molecule has 0 aromatic carbocycles. The van der Waals surface area contributed by atoms with Gasteiger partial charge in [-0.15, -0.1) is 0 Å². The average Bonchev–Trinajstić information content (AvgIpc) is 2.39. The molecule has 1 unspecified atom stereocenters. The number of hydrogen-bond donors (Lipinski definition) is 2. The largest absolute Gasteiger partial charge is 0.481 e. The van der Waals surface area contributed by atoms with Gasteiger partial charge < -0.3 is 15.1 Å². The number of piperidine rings is 1.